The van der Waals surface area contributed by atoms with Gasteiger partial charge in [-0.05, 0) is 143 Å². The van der Waals surface area contributed by atoms with Crippen LogP contribution in [0.4, 0.5) is 17.1 Å². The van der Waals surface area contributed by atoms with E-state index in [9.17, 15) is 0 Å². The Bertz CT molecular complexity index is 3600. The van der Waals surface area contributed by atoms with Crippen molar-refractivity contribution in [1.29, 1.82) is 0 Å². The molecule has 0 saturated carbocycles. The average molecular weight is 794 g/mol. The third kappa shape index (κ3) is 4.86. The Morgan fingerprint density at radius 3 is 1.53 bits per heavy atom. The van der Waals surface area contributed by atoms with Gasteiger partial charge in [-0.15, -0.1) is 0 Å². The number of hydrogen-bond donors (Lipinski definition) is 0. The van der Waals surface area contributed by atoms with Crippen LogP contribution >= 0.6 is 0 Å². The van der Waals surface area contributed by atoms with Crippen molar-refractivity contribution in [3.05, 3.63) is 210 Å². The van der Waals surface area contributed by atoms with Gasteiger partial charge in [-0.25, -0.2) is 0 Å². The smallest absolute Gasteiger partial charge is 0.136 e. The fourth-order valence-electron chi connectivity index (χ4n) is 11.3. The van der Waals surface area contributed by atoms with E-state index in [4.69, 9.17) is 4.42 Å². The molecule has 2 nitrogen and oxygen atoms in total. The number of fused-ring (bicyclic) bond motifs is 14. The summed E-state index contributed by atoms with van der Waals surface area (Å²) in [6.45, 7) is 9.47. The van der Waals surface area contributed by atoms with Crippen molar-refractivity contribution in [3.8, 4) is 33.4 Å². The summed E-state index contributed by atoms with van der Waals surface area (Å²) in [5.41, 5.74) is 18.2. The summed E-state index contributed by atoms with van der Waals surface area (Å²) in [6.07, 6.45) is 0. The molecule has 2 heteroatoms. The number of benzene rings is 10. The van der Waals surface area contributed by atoms with Gasteiger partial charge in [-0.1, -0.05) is 161 Å². The minimum Gasteiger partial charge on any atom is -0.456 e. The number of furan rings is 1. The maximum absolute atomic E-state index is 6.66. The molecule has 0 aliphatic heterocycles. The highest BCUT2D eigenvalue weighted by molar-refractivity contribution is 6.28. The van der Waals surface area contributed by atoms with E-state index in [1.54, 1.807) is 0 Å². The molecule has 0 radical (unpaired) electrons. The van der Waals surface area contributed by atoms with E-state index in [1.807, 2.05) is 0 Å². The molecular weight excluding hydrogens is 751 g/mol. The summed E-state index contributed by atoms with van der Waals surface area (Å²) in [5.74, 6) is 0. The minimum absolute atomic E-state index is 0.113. The van der Waals surface area contributed by atoms with Crippen LogP contribution in [0.3, 0.4) is 0 Å². The van der Waals surface area contributed by atoms with Crippen molar-refractivity contribution in [2.75, 3.05) is 4.90 Å². The first-order valence-corrected chi connectivity index (χ1v) is 21.8. The van der Waals surface area contributed by atoms with Gasteiger partial charge in [0.05, 0.1) is 0 Å². The Labute approximate surface area is 361 Å². The predicted octanol–water partition coefficient (Wildman–Crippen LogP) is 16.8. The molecule has 2 aliphatic rings. The van der Waals surface area contributed by atoms with Crippen LogP contribution in [0.1, 0.15) is 49.9 Å². The standard InChI is InChI=1S/C60H43NO/c1-59(2)51-19-11-9-16-45(51)47-28-26-41(33-53(47)59)61(42-27-29-48-46-17-10-12-20-52(46)60(3,4)54(48)34-42)40-25-23-37-31-39(22-21-38(37)32-40)50-35-56-58(49-18-8-7-15-44(49)50)57-43-14-6-5-13-36(43)24-30-55(57)62-56/h5-35H,1-4H3. The number of nitrogens with zero attached hydrogens (tertiary/aromatic N) is 1. The predicted molar refractivity (Wildman–Crippen MR) is 261 cm³/mol. The van der Waals surface area contributed by atoms with Gasteiger partial charge in [0.2, 0.25) is 0 Å². The van der Waals surface area contributed by atoms with Crippen LogP contribution in [0, 0.1) is 0 Å². The van der Waals surface area contributed by atoms with Crippen molar-refractivity contribution in [3.63, 3.8) is 0 Å². The lowest BCUT2D eigenvalue weighted by Gasteiger charge is -2.30. The second-order valence-electron chi connectivity index (χ2n) is 18.5. The summed E-state index contributed by atoms with van der Waals surface area (Å²) in [4.78, 5) is 2.47. The number of anilines is 3. The maximum Gasteiger partial charge on any atom is 0.136 e. The van der Waals surface area contributed by atoms with Gasteiger partial charge in [-0.3, -0.25) is 0 Å². The Balaban J connectivity index is 0.967. The molecule has 10 aromatic carbocycles. The Hall–Kier alpha value is -7.42. The molecule has 11 aromatic rings. The largest absolute Gasteiger partial charge is 0.456 e. The summed E-state index contributed by atoms with van der Waals surface area (Å²) < 4.78 is 6.66. The normalized spacial score (nSPS) is 14.4. The molecule has 0 saturated heterocycles. The van der Waals surface area contributed by atoms with Gasteiger partial charge in [0, 0.05) is 38.7 Å². The molecule has 0 bridgehead atoms. The topological polar surface area (TPSA) is 16.4 Å². The molecule has 0 atom stereocenters. The molecule has 2 aliphatic carbocycles. The fraction of sp³-hybridized carbons (Fsp3) is 0.100. The van der Waals surface area contributed by atoms with Gasteiger partial charge in [0.15, 0.2) is 0 Å². The molecular formula is C60H43NO. The Morgan fingerprint density at radius 1 is 0.339 bits per heavy atom. The lowest BCUT2D eigenvalue weighted by atomic mass is 9.82. The van der Waals surface area contributed by atoms with E-state index in [2.05, 4.69) is 221 Å². The average Bonchev–Trinajstić information content (AvgIpc) is 3.88. The summed E-state index contributed by atoms with van der Waals surface area (Å²) in [5, 5.41) is 9.63. The third-order valence-corrected chi connectivity index (χ3v) is 14.4. The molecule has 294 valence electrons. The van der Waals surface area contributed by atoms with Crippen LogP contribution in [0.15, 0.2) is 192 Å². The van der Waals surface area contributed by atoms with E-state index >= 15 is 0 Å². The highest BCUT2D eigenvalue weighted by Crippen LogP contribution is 2.53. The summed E-state index contributed by atoms with van der Waals surface area (Å²) in [6, 6.07) is 69.9. The molecule has 13 rings (SSSR count). The van der Waals surface area contributed by atoms with Crippen molar-refractivity contribution in [1.82, 2.24) is 0 Å². The van der Waals surface area contributed by atoms with Crippen LogP contribution in [0.5, 0.6) is 0 Å². The quantitative estimate of drug-likeness (QED) is 0.176. The van der Waals surface area contributed by atoms with Gasteiger partial charge >= 0.3 is 0 Å². The molecule has 0 unspecified atom stereocenters. The van der Waals surface area contributed by atoms with Crippen LogP contribution < -0.4 is 4.90 Å². The second-order valence-corrected chi connectivity index (χ2v) is 18.5. The number of rotatable bonds is 4. The first-order chi connectivity index (χ1) is 30.2. The van der Waals surface area contributed by atoms with E-state index < -0.39 is 0 Å². The molecule has 1 aromatic heterocycles. The lowest BCUT2D eigenvalue weighted by Crippen LogP contribution is -2.18. The van der Waals surface area contributed by atoms with Crippen LogP contribution in [-0.4, -0.2) is 0 Å². The molecule has 0 N–H and O–H groups in total. The first-order valence-electron chi connectivity index (χ1n) is 21.8. The molecule has 0 spiro atoms. The van der Waals surface area contributed by atoms with Gasteiger partial charge in [0.25, 0.3) is 0 Å². The van der Waals surface area contributed by atoms with E-state index in [-0.39, 0.29) is 10.8 Å². The molecule has 1 heterocycles. The van der Waals surface area contributed by atoms with Crippen molar-refractivity contribution >= 4 is 71.3 Å². The zero-order chi connectivity index (χ0) is 41.5. The van der Waals surface area contributed by atoms with Crippen LogP contribution in [-0.2, 0) is 10.8 Å². The molecule has 0 fully saturated rings. The maximum atomic E-state index is 6.66. The lowest BCUT2D eigenvalue weighted by molar-refractivity contribution is 0.660. The Morgan fingerprint density at radius 2 is 0.839 bits per heavy atom. The first kappa shape index (κ1) is 35.3. The van der Waals surface area contributed by atoms with Crippen LogP contribution in [0.2, 0.25) is 0 Å². The van der Waals surface area contributed by atoms with E-state index in [0.29, 0.717) is 0 Å². The van der Waals surface area contributed by atoms with Crippen molar-refractivity contribution < 1.29 is 4.42 Å². The van der Waals surface area contributed by atoms with Gasteiger partial charge in [0.1, 0.15) is 11.2 Å². The highest BCUT2D eigenvalue weighted by Gasteiger charge is 2.37. The fourth-order valence-corrected chi connectivity index (χ4v) is 11.3. The summed E-state index contributed by atoms with van der Waals surface area (Å²) >= 11 is 0. The minimum atomic E-state index is -0.113. The van der Waals surface area contributed by atoms with E-state index in [1.165, 1.54) is 98.7 Å². The monoisotopic (exact) mass is 793 g/mol. The van der Waals surface area contributed by atoms with Gasteiger partial charge < -0.3 is 9.32 Å². The van der Waals surface area contributed by atoms with E-state index in [0.717, 1.165) is 28.2 Å². The molecule has 62 heavy (non-hydrogen) atoms. The molecule has 0 amide bonds. The summed E-state index contributed by atoms with van der Waals surface area (Å²) in [7, 11) is 0. The second kappa shape index (κ2) is 12.6. The van der Waals surface area contributed by atoms with Gasteiger partial charge in [-0.2, -0.15) is 0 Å². The third-order valence-electron chi connectivity index (χ3n) is 14.4. The van der Waals surface area contributed by atoms with Crippen LogP contribution in [0.25, 0.3) is 87.6 Å². The zero-order valence-corrected chi connectivity index (χ0v) is 35.3. The Kier molecular flexibility index (Phi) is 7.16. The SMILES string of the molecule is CC1(C)c2ccccc2-c2ccc(N(c3ccc4c(c3)C(C)(C)c3ccccc3-4)c3ccc4cc(-c5cc6oc7ccc8ccccc8c7c6c6ccccc56)ccc4c3)cc21. The number of hydrogen-bond acceptors (Lipinski definition) is 2. The zero-order valence-electron chi connectivity index (χ0n) is 35.3. The highest BCUT2D eigenvalue weighted by atomic mass is 16.3. The van der Waals surface area contributed by atoms with Crippen molar-refractivity contribution in [2.45, 2.75) is 38.5 Å². The van der Waals surface area contributed by atoms with Crippen molar-refractivity contribution in [2.24, 2.45) is 0 Å².